The molecular formula is C10H11BrF2N2. The fraction of sp³-hybridized carbons (Fsp3) is 0.500. The smallest absolute Gasteiger partial charge is 0.265 e. The van der Waals surface area contributed by atoms with Crippen molar-refractivity contribution in [2.24, 2.45) is 0 Å². The van der Waals surface area contributed by atoms with Gasteiger partial charge in [0.05, 0.1) is 6.54 Å². The standard InChI is InChI=1S/C10H11BrF2N2/c11-8-2-4-14-9(6-8)15-5-1-3-10(12,13)7-15/h2,4,6H,1,3,5,7H2. The molecule has 2 nitrogen and oxygen atoms in total. The van der Waals surface area contributed by atoms with Gasteiger partial charge >= 0.3 is 0 Å². The number of rotatable bonds is 1. The van der Waals surface area contributed by atoms with Gasteiger partial charge in [-0.3, -0.25) is 0 Å². The van der Waals surface area contributed by atoms with Crippen molar-refractivity contribution in [3.05, 3.63) is 22.8 Å². The van der Waals surface area contributed by atoms with E-state index < -0.39 is 5.92 Å². The van der Waals surface area contributed by atoms with Gasteiger partial charge in [-0.25, -0.2) is 13.8 Å². The first-order valence-electron chi connectivity index (χ1n) is 4.81. The quantitative estimate of drug-likeness (QED) is 0.784. The van der Waals surface area contributed by atoms with E-state index in [1.54, 1.807) is 23.2 Å². The molecule has 0 N–H and O–H groups in total. The number of hydrogen-bond donors (Lipinski definition) is 0. The molecule has 1 aliphatic heterocycles. The fourth-order valence-electron chi connectivity index (χ4n) is 1.73. The second-order valence-corrected chi connectivity index (χ2v) is 4.63. The van der Waals surface area contributed by atoms with Gasteiger partial charge in [0.25, 0.3) is 5.92 Å². The predicted molar refractivity (Wildman–Crippen MR) is 58.3 cm³/mol. The van der Waals surface area contributed by atoms with Gasteiger partial charge in [-0.1, -0.05) is 15.9 Å². The van der Waals surface area contributed by atoms with Gasteiger partial charge in [-0.2, -0.15) is 0 Å². The van der Waals surface area contributed by atoms with Crippen LogP contribution in [-0.2, 0) is 0 Å². The summed E-state index contributed by atoms with van der Waals surface area (Å²) in [6.45, 7) is 0.426. The van der Waals surface area contributed by atoms with E-state index >= 15 is 0 Å². The van der Waals surface area contributed by atoms with Crippen molar-refractivity contribution < 1.29 is 8.78 Å². The van der Waals surface area contributed by atoms with Gasteiger partial charge < -0.3 is 4.90 Å². The Hall–Kier alpha value is -0.710. The SMILES string of the molecule is FC1(F)CCCN(c2cc(Br)ccn2)C1. The van der Waals surface area contributed by atoms with Crippen molar-refractivity contribution in [1.29, 1.82) is 0 Å². The molecule has 5 heteroatoms. The molecule has 0 radical (unpaired) electrons. The van der Waals surface area contributed by atoms with Gasteiger partial charge in [-0.05, 0) is 18.6 Å². The Balaban J connectivity index is 2.17. The molecule has 15 heavy (non-hydrogen) atoms. The second-order valence-electron chi connectivity index (χ2n) is 3.71. The monoisotopic (exact) mass is 276 g/mol. The van der Waals surface area contributed by atoms with Gasteiger partial charge in [0.15, 0.2) is 0 Å². The summed E-state index contributed by atoms with van der Waals surface area (Å²) >= 11 is 3.30. The Morgan fingerprint density at radius 2 is 2.27 bits per heavy atom. The van der Waals surface area contributed by atoms with E-state index in [-0.39, 0.29) is 13.0 Å². The predicted octanol–water partition coefficient (Wildman–Crippen LogP) is 3.08. The van der Waals surface area contributed by atoms with Gasteiger partial charge in [0, 0.05) is 23.6 Å². The lowest BCUT2D eigenvalue weighted by Crippen LogP contribution is -2.43. The minimum atomic E-state index is -2.58. The first-order chi connectivity index (χ1) is 7.07. The van der Waals surface area contributed by atoms with Crippen molar-refractivity contribution in [2.45, 2.75) is 18.8 Å². The molecule has 1 aliphatic rings. The second kappa shape index (κ2) is 4.04. The highest BCUT2D eigenvalue weighted by Gasteiger charge is 2.35. The van der Waals surface area contributed by atoms with Crippen LogP contribution >= 0.6 is 15.9 Å². The average Bonchev–Trinajstić information content (AvgIpc) is 2.16. The van der Waals surface area contributed by atoms with E-state index in [4.69, 9.17) is 0 Å². The molecule has 0 bridgehead atoms. The van der Waals surface area contributed by atoms with E-state index in [0.29, 0.717) is 18.8 Å². The molecule has 0 aliphatic carbocycles. The summed E-state index contributed by atoms with van der Waals surface area (Å²) in [5.41, 5.74) is 0. The fourth-order valence-corrected chi connectivity index (χ4v) is 2.05. The molecule has 2 heterocycles. The van der Waals surface area contributed by atoms with Gasteiger partial charge in [0.1, 0.15) is 5.82 Å². The summed E-state index contributed by atoms with van der Waals surface area (Å²) in [5, 5.41) is 0. The lowest BCUT2D eigenvalue weighted by Gasteiger charge is -2.33. The molecule has 0 unspecified atom stereocenters. The highest BCUT2D eigenvalue weighted by Crippen LogP contribution is 2.29. The van der Waals surface area contributed by atoms with E-state index in [1.165, 1.54) is 0 Å². The molecule has 82 valence electrons. The third-order valence-electron chi connectivity index (χ3n) is 2.42. The molecule has 1 fully saturated rings. The number of nitrogens with zero attached hydrogens (tertiary/aromatic N) is 2. The molecule has 1 aromatic rings. The number of piperidine rings is 1. The normalized spacial score (nSPS) is 20.3. The summed E-state index contributed by atoms with van der Waals surface area (Å²) in [4.78, 5) is 5.72. The zero-order valence-corrected chi connectivity index (χ0v) is 9.67. The Bertz CT molecular complexity index is 357. The van der Waals surface area contributed by atoms with Crippen LogP contribution in [0.4, 0.5) is 14.6 Å². The molecule has 0 spiro atoms. The van der Waals surface area contributed by atoms with Crippen LogP contribution in [0.3, 0.4) is 0 Å². The molecule has 1 aromatic heterocycles. The maximum Gasteiger partial charge on any atom is 0.265 e. The van der Waals surface area contributed by atoms with Gasteiger partial charge in [-0.15, -0.1) is 0 Å². The van der Waals surface area contributed by atoms with Crippen LogP contribution in [0.1, 0.15) is 12.8 Å². The largest absolute Gasteiger partial charge is 0.351 e. The minimum absolute atomic E-state index is 0.0164. The molecule has 0 atom stereocenters. The Labute approximate surface area is 95.4 Å². The molecule has 2 rings (SSSR count). The first-order valence-corrected chi connectivity index (χ1v) is 5.60. The Morgan fingerprint density at radius 1 is 1.47 bits per heavy atom. The van der Waals surface area contributed by atoms with Crippen molar-refractivity contribution in [1.82, 2.24) is 4.98 Å². The van der Waals surface area contributed by atoms with E-state index in [2.05, 4.69) is 20.9 Å². The summed E-state index contributed by atoms with van der Waals surface area (Å²) < 4.78 is 27.2. The summed E-state index contributed by atoms with van der Waals surface area (Å²) in [7, 11) is 0. The molecule has 0 amide bonds. The van der Waals surface area contributed by atoms with Crippen LogP contribution in [0.2, 0.25) is 0 Å². The number of aromatic nitrogens is 1. The summed E-state index contributed by atoms with van der Waals surface area (Å²) in [6.07, 6.45) is 2.12. The zero-order chi connectivity index (χ0) is 10.9. The van der Waals surface area contributed by atoms with E-state index in [0.717, 1.165) is 4.47 Å². The van der Waals surface area contributed by atoms with Crippen molar-refractivity contribution in [3.8, 4) is 0 Å². The Morgan fingerprint density at radius 3 is 2.93 bits per heavy atom. The van der Waals surface area contributed by atoms with E-state index in [1.807, 2.05) is 0 Å². The lowest BCUT2D eigenvalue weighted by atomic mass is 10.1. The molecule has 0 saturated carbocycles. The molecule has 0 aromatic carbocycles. The third kappa shape index (κ3) is 2.65. The topological polar surface area (TPSA) is 16.1 Å². The van der Waals surface area contributed by atoms with E-state index in [9.17, 15) is 8.78 Å². The number of hydrogen-bond acceptors (Lipinski definition) is 2. The number of alkyl halides is 2. The minimum Gasteiger partial charge on any atom is -0.351 e. The first kappa shape index (κ1) is 10.8. The van der Waals surface area contributed by atoms with Crippen LogP contribution in [0, 0.1) is 0 Å². The maximum absolute atomic E-state index is 13.2. The Kier molecular flexibility index (Phi) is 2.91. The highest BCUT2D eigenvalue weighted by molar-refractivity contribution is 9.10. The lowest BCUT2D eigenvalue weighted by molar-refractivity contribution is -0.0118. The van der Waals surface area contributed by atoms with Crippen LogP contribution in [0.15, 0.2) is 22.8 Å². The molecular weight excluding hydrogens is 266 g/mol. The van der Waals surface area contributed by atoms with Crippen molar-refractivity contribution in [2.75, 3.05) is 18.0 Å². The number of pyridine rings is 1. The highest BCUT2D eigenvalue weighted by atomic mass is 79.9. The summed E-state index contributed by atoms with van der Waals surface area (Å²) in [5.74, 6) is -1.97. The van der Waals surface area contributed by atoms with Crippen LogP contribution in [0.5, 0.6) is 0 Å². The maximum atomic E-state index is 13.2. The summed E-state index contributed by atoms with van der Waals surface area (Å²) in [6, 6.07) is 3.55. The van der Waals surface area contributed by atoms with Crippen LogP contribution in [0.25, 0.3) is 0 Å². The van der Waals surface area contributed by atoms with Crippen LogP contribution in [-0.4, -0.2) is 24.0 Å². The van der Waals surface area contributed by atoms with Gasteiger partial charge in [0.2, 0.25) is 0 Å². The average molecular weight is 277 g/mol. The van der Waals surface area contributed by atoms with Crippen molar-refractivity contribution >= 4 is 21.7 Å². The zero-order valence-electron chi connectivity index (χ0n) is 8.09. The van der Waals surface area contributed by atoms with Crippen molar-refractivity contribution in [3.63, 3.8) is 0 Å². The number of halogens is 3. The number of anilines is 1. The van der Waals surface area contributed by atoms with Crippen LogP contribution < -0.4 is 4.90 Å². The molecule has 1 saturated heterocycles. The third-order valence-corrected chi connectivity index (χ3v) is 2.92.